The summed E-state index contributed by atoms with van der Waals surface area (Å²) < 4.78 is 0. The maximum Gasteiger partial charge on any atom is 0.121 e. The summed E-state index contributed by atoms with van der Waals surface area (Å²) >= 11 is 0. The molecule has 0 nitrogen and oxygen atoms in total. The van der Waals surface area contributed by atoms with Crippen LogP contribution >= 0.6 is 0 Å². The number of hydrogen-bond acceptors (Lipinski definition) is 0. The first-order valence-corrected chi connectivity index (χ1v) is 10.6. The highest BCUT2D eigenvalue weighted by atomic mass is 28.2. The largest absolute Gasteiger partial charge is 1.00 e. The maximum absolute atomic E-state index is 2.17. The lowest BCUT2D eigenvalue weighted by Crippen LogP contribution is -3.00. The molecule has 4 aromatic carbocycles. The van der Waals surface area contributed by atoms with Crippen molar-refractivity contribution < 1.29 is 9.41 Å². The SMILES string of the molecule is [F-].[F-].c1ccc([Si]c2ccccc2)cc1.c1ccc([Si]c2ccccc2)cc1. The van der Waals surface area contributed by atoms with Crippen LogP contribution in [0.3, 0.4) is 0 Å². The van der Waals surface area contributed by atoms with Crippen LogP contribution in [0.15, 0.2) is 121 Å². The Bertz CT molecular complexity index is 719. The van der Waals surface area contributed by atoms with E-state index >= 15 is 0 Å². The fraction of sp³-hybridized carbons (Fsp3) is 0. The predicted octanol–water partition coefficient (Wildman–Crippen LogP) is -3.31. The monoisotopic (exact) mass is 402 g/mol. The quantitative estimate of drug-likeness (QED) is 0.314. The Hall–Kier alpha value is -2.83. The van der Waals surface area contributed by atoms with Gasteiger partial charge in [0.2, 0.25) is 0 Å². The average molecular weight is 403 g/mol. The van der Waals surface area contributed by atoms with Crippen LogP contribution in [0.2, 0.25) is 0 Å². The summed E-state index contributed by atoms with van der Waals surface area (Å²) in [4.78, 5) is 0. The van der Waals surface area contributed by atoms with E-state index in [1.165, 1.54) is 20.7 Å². The first-order chi connectivity index (χ1) is 12.9. The minimum absolute atomic E-state index is 0. The van der Waals surface area contributed by atoms with E-state index in [0.717, 1.165) is 19.0 Å². The third kappa shape index (κ3) is 8.25. The molecule has 0 spiro atoms. The second kappa shape index (κ2) is 13.4. The fourth-order valence-corrected chi connectivity index (χ4v) is 4.52. The van der Waals surface area contributed by atoms with Crippen molar-refractivity contribution in [3.8, 4) is 0 Å². The second-order valence-corrected chi connectivity index (χ2v) is 8.52. The molecule has 0 fully saturated rings. The van der Waals surface area contributed by atoms with E-state index in [4.69, 9.17) is 0 Å². The molecular formula is C24H20F2Si2-2. The fourth-order valence-electron chi connectivity index (χ4n) is 2.42. The highest BCUT2D eigenvalue weighted by Crippen LogP contribution is 1.85. The van der Waals surface area contributed by atoms with Crippen molar-refractivity contribution in [3.05, 3.63) is 121 Å². The minimum atomic E-state index is 0. The Morgan fingerprint density at radius 1 is 0.286 bits per heavy atom. The van der Waals surface area contributed by atoms with Crippen LogP contribution in [0.5, 0.6) is 0 Å². The van der Waals surface area contributed by atoms with Crippen LogP contribution in [0.25, 0.3) is 0 Å². The van der Waals surface area contributed by atoms with Crippen LogP contribution in [0, 0.1) is 0 Å². The molecule has 0 bridgehead atoms. The zero-order valence-corrected chi connectivity index (χ0v) is 17.3. The summed E-state index contributed by atoms with van der Waals surface area (Å²) in [6.07, 6.45) is 0. The molecule has 0 atom stereocenters. The minimum Gasteiger partial charge on any atom is -1.00 e. The molecule has 4 rings (SSSR count). The summed E-state index contributed by atoms with van der Waals surface area (Å²) in [5.41, 5.74) is 0. The van der Waals surface area contributed by atoms with E-state index in [1.54, 1.807) is 0 Å². The number of halogens is 2. The molecule has 0 saturated carbocycles. The summed E-state index contributed by atoms with van der Waals surface area (Å²) in [7, 11) is 1.55. The molecule has 0 aliphatic heterocycles. The highest BCUT2D eigenvalue weighted by molar-refractivity contribution is 6.67. The van der Waals surface area contributed by atoms with E-state index < -0.39 is 0 Å². The Morgan fingerprint density at radius 3 is 0.643 bits per heavy atom. The third-order valence-electron chi connectivity index (χ3n) is 3.67. The lowest BCUT2D eigenvalue weighted by molar-refractivity contribution is -0.00100. The van der Waals surface area contributed by atoms with Crippen LogP contribution in [-0.2, 0) is 0 Å². The first kappa shape index (κ1) is 23.2. The van der Waals surface area contributed by atoms with Gasteiger partial charge in [0.15, 0.2) is 0 Å². The van der Waals surface area contributed by atoms with Crippen LogP contribution in [0.4, 0.5) is 0 Å². The molecule has 4 heteroatoms. The standard InChI is InChI=1S/2C12H10Si.2FH/c2*1-3-7-11(8-4-1)13-12-9-5-2-6-10-12;;/h2*1-10H;2*1H/p-2. The van der Waals surface area contributed by atoms with Gasteiger partial charge in [0.1, 0.15) is 19.0 Å². The molecule has 4 aromatic rings. The summed E-state index contributed by atoms with van der Waals surface area (Å²) in [5.74, 6) is 0. The normalized spacial score (nSPS) is 9.14. The molecule has 28 heavy (non-hydrogen) atoms. The van der Waals surface area contributed by atoms with Gasteiger partial charge in [-0.1, -0.05) is 142 Å². The van der Waals surface area contributed by atoms with Crippen molar-refractivity contribution in [2.24, 2.45) is 0 Å². The lowest BCUT2D eigenvalue weighted by atomic mass is 10.4. The van der Waals surface area contributed by atoms with E-state index in [1.807, 2.05) is 0 Å². The van der Waals surface area contributed by atoms with Gasteiger partial charge in [0, 0.05) is 0 Å². The molecule has 0 aliphatic carbocycles. The Morgan fingerprint density at radius 2 is 0.464 bits per heavy atom. The van der Waals surface area contributed by atoms with Gasteiger partial charge in [-0.2, -0.15) is 0 Å². The Labute approximate surface area is 170 Å². The smallest absolute Gasteiger partial charge is 0.121 e. The van der Waals surface area contributed by atoms with Gasteiger partial charge in [0.05, 0.1) is 0 Å². The van der Waals surface area contributed by atoms with Gasteiger partial charge in [-0.25, -0.2) is 0 Å². The number of rotatable bonds is 4. The molecular weight excluding hydrogens is 382 g/mol. The lowest BCUT2D eigenvalue weighted by Gasteiger charge is -1.98. The van der Waals surface area contributed by atoms with E-state index in [9.17, 15) is 0 Å². The van der Waals surface area contributed by atoms with Crippen molar-refractivity contribution in [2.45, 2.75) is 0 Å². The van der Waals surface area contributed by atoms with Gasteiger partial charge in [0.25, 0.3) is 0 Å². The molecule has 4 radical (unpaired) electrons. The Balaban J connectivity index is 0.000000261. The van der Waals surface area contributed by atoms with Crippen molar-refractivity contribution in [1.82, 2.24) is 0 Å². The zero-order chi connectivity index (χ0) is 17.9. The predicted molar refractivity (Wildman–Crippen MR) is 116 cm³/mol. The summed E-state index contributed by atoms with van der Waals surface area (Å²) in [6.45, 7) is 0. The molecule has 0 saturated heterocycles. The van der Waals surface area contributed by atoms with Crippen molar-refractivity contribution >= 4 is 39.8 Å². The summed E-state index contributed by atoms with van der Waals surface area (Å²) in [6, 6.07) is 42.3. The van der Waals surface area contributed by atoms with Gasteiger partial charge >= 0.3 is 0 Å². The van der Waals surface area contributed by atoms with Gasteiger partial charge in [-0.05, 0) is 0 Å². The maximum atomic E-state index is 2.17. The molecule has 140 valence electrons. The highest BCUT2D eigenvalue weighted by Gasteiger charge is 1.95. The average Bonchev–Trinajstić information content (AvgIpc) is 2.72. The molecule has 0 heterocycles. The molecule has 0 aliphatic rings. The Kier molecular flexibility index (Phi) is 11.1. The van der Waals surface area contributed by atoms with Crippen LogP contribution in [0.1, 0.15) is 0 Å². The molecule has 0 unspecified atom stereocenters. The van der Waals surface area contributed by atoms with Gasteiger partial charge in [-0.15, -0.1) is 0 Å². The van der Waals surface area contributed by atoms with Gasteiger partial charge in [-0.3, -0.25) is 0 Å². The molecule has 0 aromatic heterocycles. The van der Waals surface area contributed by atoms with Crippen molar-refractivity contribution in [3.63, 3.8) is 0 Å². The van der Waals surface area contributed by atoms with E-state index in [-0.39, 0.29) is 9.41 Å². The van der Waals surface area contributed by atoms with Crippen LogP contribution in [-0.4, -0.2) is 19.0 Å². The third-order valence-corrected chi connectivity index (χ3v) is 6.16. The van der Waals surface area contributed by atoms with Crippen molar-refractivity contribution in [1.29, 1.82) is 0 Å². The summed E-state index contributed by atoms with van der Waals surface area (Å²) in [5, 5.41) is 5.59. The first-order valence-electron chi connectivity index (χ1n) is 8.64. The van der Waals surface area contributed by atoms with E-state index in [0.29, 0.717) is 0 Å². The van der Waals surface area contributed by atoms with E-state index in [2.05, 4.69) is 121 Å². The van der Waals surface area contributed by atoms with Crippen molar-refractivity contribution in [2.75, 3.05) is 0 Å². The topological polar surface area (TPSA) is 0 Å². The second-order valence-electron chi connectivity index (χ2n) is 5.71. The number of benzene rings is 4. The zero-order valence-electron chi connectivity index (χ0n) is 15.3. The van der Waals surface area contributed by atoms with Crippen LogP contribution < -0.4 is 30.2 Å². The van der Waals surface area contributed by atoms with Gasteiger partial charge < -0.3 is 9.41 Å². The molecule has 0 amide bonds. The molecule has 0 N–H and O–H groups in total. The number of hydrogen-bond donors (Lipinski definition) is 0.